The second kappa shape index (κ2) is 7.31. The van der Waals surface area contributed by atoms with Crippen molar-refractivity contribution in [3.63, 3.8) is 0 Å². The summed E-state index contributed by atoms with van der Waals surface area (Å²) in [5.74, 6) is 1.26. The molecule has 0 aromatic heterocycles. The lowest BCUT2D eigenvalue weighted by molar-refractivity contribution is -0.253. The van der Waals surface area contributed by atoms with Gasteiger partial charge in [0.05, 0.1) is 17.9 Å². The molecule has 5 aliphatic heterocycles. The number of nitrogens with zero attached hydrogens (tertiary/aromatic N) is 1. The van der Waals surface area contributed by atoms with Crippen molar-refractivity contribution >= 4 is 11.8 Å². The van der Waals surface area contributed by atoms with Crippen molar-refractivity contribution in [3.05, 3.63) is 12.3 Å². The Balaban J connectivity index is 1.64. The molecule has 0 amide bonds. The van der Waals surface area contributed by atoms with Crippen molar-refractivity contribution in [2.75, 3.05) is 32.1 Å². The highest BCUT2D eigenvalue weighted by atomic mass is 32.2. The minimum absolute atomic E-state index is 0.0169. The summed E-state index contributed by atoms with van der Waals surface area (Å²) in [6, 6.07) is 0. The summed E-state index contributed by atoms with van der Waals surface area (Å²) in [7, 11) is 0. The summed E-state index contributed by atoms with van der Waals surface area (Å²) in [5, 5.41) is 0.525. The van der Waals surface area contributed by atoms with Gasteiger partial charge in [0.25, 0.3) is 0 Å². The number of ether oxygens (including phenoxy) is 3. The molecular weight excluding hydrogens is 346 g/mol. The average molecular weight is 380 g/mol. The van der Waals surface area contributed by atoms with Crippen LogP contribution < -0.4 is 0 Å². The van der Waals surface area contributed by atoms with Crippen molar-refractivity contribution in [2.24, 2.45) is 0 Å². The Morgan fingerprint density at radius 1 is 0.962 bits per heavy atom. The van der Waals surface area contributed by atoms with E-state index in [9.17, 15) is 0 Å². The molecule has 0 radical (unpaired) electrons. The van der Waals surface area contributed by atoms with Crippen LogP contribution in [0.2, 0.25) is 0 Å². The van der Waals surface area contributed by atoms with E-state index in [1.807, 2.05) is 6.26 Å². The van der Waals surface area contributed by atoms with E-state index in [1.165, 1.54) is 63.8 Å². The van der Waals surface area contributed by atoms with Gasteiger partial charge in [0.1, 0.15) is 11.7 Å². The molecule has 146 valence electrons. The number of rotatable bonds is 4. The molecule has 5 heteroatoms. The molecule has 5 unspecified atom stereocenters. The lowest BCUT2D eigenvalue weighted by Crippen LogP contribution is -2.78. The quantitative estimate of drug-likeness (QED) is 0.742. The van der Waals surface area contributed by atoms with Crippen LogP contribution in [0.1, 0.15) is 57.8 Å². The molecular formula is C21H33NO3S. The van der Waals surface area contributed by atoms with E-state index >= 15 is 0 Å². The van der Waals surface area contributed by atoms with Gasteiger partial charge >= 0.3 is 0 Å². The Morgan fingerprint density at radius 3 is 2.58 bits per heavy atom. The molecule has 5 rings (SSSR count). The van der Waals surface area contributed by atoms with Crippen LogP contribution in [-0.2, 0) is 14.2 Å². The molecule has 5 aliphatic rings. The summed E-state index contributed by atoms with van der Waals surface area (Å²) in [6.45, 7) is 4.18. The SMILES string of the molecule is C1=COC(C2(C3CCCS3)OCCCC2(C2CCCO2)N2CCCC2)C1. The first-order chi connectivity index (χ1) is 12.9. The van der Waals surface area contributed by atoms with Crippen LogP contribution in [0.25, 0.3) is 0 Å². The van der Waals surface area contributed by atoms with Crippen molar-refractivity contribution in [2.45, 2.75) is 86.4 Å². The largest absolute Gasteiger partial charge is 0.495 e. The molecule has 0 spiro atoms. The molecule has 5 heterocycles. The van der Waals surface area contributed by atoms with Gasteiger partial charge in [-0.1, -0.05) is 0 Å². The fourth-order valence-corrected chi connectivity index (χ4v) is 8.15. The van der Waals surface area contributed by atoms with E-state index in [1.54, 1.807) is 0 Å². The fourth-order valence-electron chi connectivity index (χ4n) is 6.52. The predicted octanol–water partition coefficient (Wildman–Crippen LogP) is 3.75. The third-order valence-corrected chi connectivity index (χ3v) is 8.94. The monoisotopic (exact) mass is 379 g/mol. The van der Waals surface area contributed by atoms with Crippen molar-refractivity contribution in [1.29, 1.82) is 0 Å². The zero-order valence-electron chi connectivity index (χ0n) is 15.9. The zero-order chi connectivity index (χ0) is 17.5. The van der Waals surface area contributed by atoms with Crippen LogP contribution in [0, 0.1) is 0 Å². The molecule has 4 saturated heterocycles. The summed E-state index contributed by atoms with van der Waals surface area (Å²) >= 11 is 2.14. The van der Waals surface area contributed by atoms with E-state index in [-0.39, 0.29) is 17.2 Å². The van der Waals surface area contributed by atoms with Crippen LogP contribution in [0.5, 0.6) is 0 Å². The second-order valence-corrected chi connectivity index (χ2v) is 9.91. The number of hydrogen-bond donors (Lipinski definition) is 0. The van der Waals surface area contributed by atoms with Gasteiger partial charge in [0.15, 0.2) is 0 Å². The van der Waals surface area contributed by atoms with Crippen LogP contribution in [-0.4, -0.2) is 65.6 Å². The van der Waals surface area contributed by atoms with Crippen molar-refractivity contribution in [1.82, 2.24) is 4.90 Å². The molecule has 4 nitrogen and oxygen atoms in total. The van der Waals surface area contributed by atoms with E-state index < -0.39 is 0 Å². The van der Waals surface area contributed by atoms with E-state index in [0.717, 1.165) is 26.1 Å². The van der Waals surface area contributed by atoms with Gasteiger partial charge in [0, 0.05) is 24.9 Å². The Hall–Kier alpha value is -0.230. The van der Waals surface area contributed by atoms with Gasteiger partial charge in [-0.3, -0.25) is 4.90 Å². The van der Waals surface area contributed by atoms with Gasteiger partial charge in [-0.25, -0.2) is 0 Å². The van der Waals surface area contributed by atoms with Gasteiger partial charge in [-0.05, 0) is 76.3 Å². The Labute approximate surface area is 162 Å². The number of hydrogen-bond acceptors (Lipinski definition) is 5. The van der Waals surface area contributed by atoms with Gasteiger partial charge < -0.3 is 14.2 Å². The highest BCUT2D eigenvalue weighted by Gasteiger charge is 2.69. The standard InChI is InChI=1S/C21H33NO3S/c1-2-12-22(11-1)20(17-7-3-13-23-17)10-6-15-25-21(20,18-8-4-14-24-18)19-9-5-16-26-19/h4,14,17-19H,1-3,5-13,15-16H2. The van der Waals surface area contributed by atoms with Crippen LogP contribution in [0.4, 0.5) is 0 Å². The molecule has 0 N–H and O–H groups in total. The second-order valence-electron chi connectivity index (χ2n) is 8.60. The van der Waals surface area contributed by atoms with Gasteiger partial charge in [-0.15, -0.1) is 0 Å². The molecule has 4 fully saturated rings. The maximum atomic E-state index is 6.97. The van der Waals surface area contributed by atoms with Crippen molar-refractivity contribution < 1.29 is 14.2 Å². The van der Waals surface area contributed by atoms with Crippen LogP contribution in [0.15, 0.2) is 12.3 Å². The first kappa shape index (κ1) is 17.8. The van der Waals surface area contributed by atoms with Crippen LogP contribution in [0.3, 0.4) is 0 Å². The lowest BCUT2D eigenvalue weighted by atomic mass is 9.63. The normalized spacial score (nSPS) is 46.8. The summed E-state index contributed by atoms with van der Waals surface area (Å²) in [6.07, 6.45) is 15.5. The summed E-state index contributed by atoms with van der Waals surface area (Å²) in [4.78, 5) is 2.79. The summed E-state index contributed by atoms with van der Waals surface area (Å²) < 4.78 is 19.7. The lowest BCUT2D eigenvalue weighted by Gasteiger charge is -2.63. The van der Waals surface area contributed by atoms with Gasteiger partial charge in [-0.2, -0.15) is 11.8 Å². The Morgan fingerprint density at radius 2 is 1.88 bits per heavy atom. The first-order valence-electron chi connectivity index (χ1n) is 10.8. The zero-order valence-corrected chi connectivity index (χ0v) is 16.7. The van der Waals surface area contributed by atoms with E-state index in [0.29, 0.717) is 11.4 Å². The predicted molar refractivity (Wildman–Crippen MR) is 105 cm³/mol. The molecule has 26 heavy (non-hydrogen) atoms. The Kier molecular flexibility index (Phi) is 5.01. The highest BCUT2D eigenvalue weighted by Crippen LogP contribution is 2.56. The molecule has 5 atom stereocenters. The van der Waals surface area contributed by atoms with Crippen LogP contribution >= 0.6 is 11.8 Å². The molecule has 0 saturated carbocycles. The third-order valence-electron chi connectivity index (χ3n) is 7.43. The number of thioether (sulfide) groups is 1. The minimum atomic E-state index is -0.241. The smallest absolute Gasteiger partial charge is 0.138 e. The van der Waals surface area contributed by atoms with E-state index in [4.69, 9.17) is 14.2 Å². The first-order valence-corrected chi connectivity index (χ1v) is 11.9. The molecule has 0 aromatic carbocycles. The maximum absolute atomic E-state index is 6.97. The third kappa shape index (κ3) is 2.53. The highest BCUT2D eigenvalue weighted by molar-refractivity contribution is 8.00. The topological polar surface area (TPSA) is 30.9 Å². The Bertz CT molecular complexity index is 460. The summed E-state index contributed by atoms with van der Waals surface area (Å²) in [5.41, 5.74) is -0.258. The number of likely N-dealkylation sites (tertiary alicyclic amines) is 1. The van der Waals surface area contributed by atoms with Crippen molar-refractivity contribution in [3.8, 4) is 0 Å². The minimum Gasteiger partial charge on any atom is -0.495 e. The van der Waals surface area contributed by atoms with E-state index in [2.05, 4.69) is 22.7 Å². The molecule has 0 bridgehead atoms. The molecule has 0 aromatic rings. The average Bonchev–Trinajstić information content (AvgIpc) is 3.50. The fraction of sp³-hybridized carbons (Fsp3) is 0.905. The maximum Gasteiger partial charge on any atom is 0.138 e. The molecule has 0 aliphatic carbocycles. The van der Waals surface area contributed by atoms with Gasteiger partial charge in [0.2, 0.25) is 0 Å².